The first-order chi connectivity index (χ1) is 8.57. The van der Waals surface area contributed by atoms with Crippen molar-refractivity contribution in [3.8, 4) is 0 Å². The van der Waals surface area contributed by atoms with Gasteiger partial charge in [0.2, 0.25) is 0 Å². The van der Waals surface area contributed by atoms with Gasteiger partial charge in [-0.3, -0.25) is 0 Å². The van der Waals surface area contributed by atoms with Crippen LogP contribution in [0.4, 0.5) is 0 Å². The molecule has 0 saturated heterocycles. The van der Waals surface area contributed by atoms with Crippen molar-refractivity contribution in [1.29, 1.82) is 0 Å². The molecule has 18 heavy (non-hydrogen) atoms. The first kappa shape index (κ1) is 12.6. The summed E-state index contributed by atoms with van der Waals surface area (Å²) in [5.41, 5.74) is 1.68. The molecular formula is C14H16O3Si. The normalized spacial score (nSPS) is 11.2. The van der Waals surface area contributed by atoms with Gasteiger partial charge in [0.25, 0.3) is 8.32 Å². The molecule has 0 atom stereocenters. The van der Waals surface area contributed by atoms with Crippen LogP contribution in [-0.2, 0) is 10.5 Å². The van der Waals surface area contributed by atoms with E-state index in [1.165, 1.54) is 18.1 Å². The Balaban J connectivity index is 2.01. The van der Waals surface area contributed by atoms with Crippen LogP contribution in [0.1, 0.15) is 15.9 Å². The topological polar surface area (TPSA) is 39.4 Å². The predicted octanol–water partition coefficient (Wildman–Crippen LogP) is 3.42. The molecule has 0 aliphatic rings. The third-order valence-electron chi connectivity index (χ3n) is 2.60. The summed E-state index contributed by atoms with van der Waals surface area (Å²) in [6.45, 7) is 4.08. The summed E-state index contributed by atoms with van der Waals surface area (Å²) in [4.78, 5) is 11.9. The van der Waals surface area contributed by atoms with Crippen molar-refractivity contribution < 1.29 is 13.6 Å². The lowest BCUT2D eigenvalue weighted by Crippen LogP contribution is -2.36. The van der Waals surface area contributed by atoms with E-state index in [0.717, 1.165) is 6.04 Å². The van der Waals surface area contributed by atoms with Gasteiger partial charge in [0.1, 0.15) is 6.26 Å². The molecule has 4 heteroatoms. The minimum absolute atomic E-state index is 0.295. The molecular weight excluding hydrogens is 244 g/mol. The van der Waals surface area contributed by atoms with Gasteiger partial charge < -0.3 is 8.84 Å². The van der Waals surface area contributed by atoms with Gasteiger partial charge in [-0.05, 0) is 24.7 Å². The van der Waals surface area contributed by atoms with E-state index >= 15 is 0 Å². The monoisotopic (exact) mass is 260 g/mol. The minimum atomic E-state index is -2.05. The zero-order valence-electron chi connectivity index (χ0n) is 10.6. The van der Waals surface area contributed by atoms with Gasteiger partial charge in [0, 0.05) is 6.04 Å². The van der Waals surface area contributed by atoms with Crippen LogP contribution in [0.2, 0.25) is 13.1 Å². The van der Waals surface area contributed by atoms with E-state index in [9.17, 15) is 4.79 Å². The Hall–Kier alpha value is -1.81. The van der Waals surface area contributed by atoms with Crippen molar-refractivity contribution in [2.24, 2.45) is 0 Å². The molecule has 0 amide bonds. The fraction of sp³-hybridized carbons (Fsp3) is 0.214. The smallest absolute Gasteiger partial charge is 0.328 e. The molecule has 0 aliphatic heterocycles. The lowest BCUT2D eigenvalue weighted by molar-refractivity contribution is 0.0721. The minimum Gasteiger partial charge on any atom is -0.516 e. The second kappa shape index (κ2) is 5.22. The van der Waals surface area contributed by atoms with Crippen molar-refractivity contribution in [2.45, 2.75) is 19.1 Å². The second-order valence-corrected chi connectivity index (χ2v) is 8.90. The Morgan fingerprint density at radius 2 is 1.94 bits per heavy atom. The quantitative estimate of drug-likeness (QED) is 0.791. The van der Waals surface area contributed by atoms with Crippen LogP contribution in [0, 0.1) is 0 Å². The molecule has 94 valence electrons. The average Bonchev–Trinajstić information content (AvgIpc) is 2.82. The number of furan rings is 1. The Morgan fingerprint density at radius 3 is 2.56 bits per heavy atom. The summed E-state index contributed by atoms with van der Waals surface area (Å²) in [5.74, 6) is -0.295. The van der Waals surface area contributed by atoms with Crippen LogP contribution >= 0.6 is 0 Å². The largest absolute Gasteiger partial charge is 0.516 e. The van der Waals surface area contributed by atoms with Crippen molar-refractivity contribution in [3.63, 3.8) is 0 Å². The van der Waals surface area contributed by atoms with Gasteiger partial charge in [0.15, 0.2) is 0 Å². The summed E-state index contributed by atoms with van der Waals surface area (Å²) in [7, 11) is -2.05. The first-order valence-electron chi connectivity index (χ1n) is 5.86. The Morgan fingerprint density at radius 1 is 1.22 bits per heavy atom. The third kappa shape index (κ3) is 3.34. The summed E-state index contributed by atoms with van der Waals surface area (Å²) < 4.78 is 10.5. The van der Waals surface area contributed by atoms with Crippen LogP contribution in [0.15, 0.2) is 53.3 Å². The van der Waals surface area contributed by atoms with E-state index < -0.39 is 8.32 Å². The van der Waals surface area contributed by atoms with Crippen LogP contribution in [0.3, 0.4) is 0 Å². The number of benzene rings is 1. The Bertz CT molecular complexity index is 503. The van der Waals surface area contributed by atoms with Crippen LogP contribution < -0.4 is 0 Å². The zero-order chi connectivity index (χ0) is 13.0. The van der Waals surface area contributed by atoms with E-state index in [-0.39, 0.29) is 5.97 Å². The molecule has 1 aromatic carbocycles. The number of rotatable bonds is 4. The summed E-state index contributed by atoms with van der Waals surface area (Å²) in [6.07, 6.45) is 2.89. The lowest BCUT2D eigenvalue weighted by Gasteiger charge is -2.22. The van der Waals surface area contributed by atoms with E-state index in [1.54, 1.807) is 6.07 Å². The Kier molecular flexibility index (Phi) is 3.67. The van der Waals surface area contributed by atoms with Crippen LogP contribution in [0.5, 0.6) is 0 Å². The van der Waals surface area contributed by atoms with Crippen molar-refractivity contribution in [2.75, 3.05) is 0 Å². The number of hydrogen-bond acceptors (Lipinski definition) is 3. The summed E-state index contributed by atoms with van der Waals surface area (Å²) >= 11 is 0. The maximum atomic E-state index is 11.9. The lowest BCUT2D eigenvalue weighted by atomic mass is 10.2. The number of carbonyl (C=O) groups excluding carboxylic acids is 1. The molecule has 1 aromatic heterocycles. The standard InChI is InChI=1S/C14H16O3Si/c1-18(2,11-12-6-4-3-5-7-12)17-14(15)13-8-9-16-10-13/h3-10H,11H2,1-2H3. The van der Waals surface area contributed by atoms with Crippen LogP contribution in [-0.4, -0.2) is 14.3 Å². The molecule has 2 rings (SSSR count). The third-order valence-corrected chi connectivity index (χ3v) is 4.60. The molecule has 0 bridgehead atoms. The molecule has 3 nitrogen and oxygen atoms in total. The molecule has 0 spiro atoms. The molecule has 0 fully saturated rings. The summed E-state index contributed by atoms with van der Waals surface area (Å²) in [5, 5.41) is 0. The van der Waals surface area contributed by atoms with Crippen molar-refractivity contribution in [3.05, 3.63) is 60.1 Å². The van der Waals surface area contributed by atoms with Crippen molar-refractivity contribution >= 4 is 14.3 Å². The Labute approximate surface area is 108 Å². The van der Waals surface area contributed by atoms with Crippen molar-refractivity contribution in [1.82, 2.24) is 0 Å². The van der Waals surface area contributed by atoms with E-state index in [1.807, 2.05) is 31.3 Å². The first-order valence-corrected chi connectivity index (χ1v) is 8.98. The fourth-order valence-corrected chi connectivity index (χ4v) is 3.72. The highest BCUT2D eigenvalue weighted by Gasteiger charge is 2.28. The highest BCUT2D eigenvalue weighted by molar-refractivity contribution is 6.72. The SMILES string of the molecule is C[Si](C)(Cc1ccccc1)OC(=O)c1ccoc1. The highest BCUT2D eigenvalue weighted by atomic mass is 28.4. The maximum Gasteiger partial charge on any atom is 0.328 e. The molecule has 0 radical (unpaired) electrons. The van der Waals surface area contributed by atoms with E-state index in [2.05, 4.69) is 12.1 Å². The molecule has 0 saturated carbocycles. The summed E-state index contributed by atoms with van der Waals surface area (Å²) in [6, 6.07) is 12.5. The van der Waals surface area contributed by atoms with E-state index in [4.69, 9.17) is 8.84 Å². The molecule has 1 heterocycles. The van der Waals surface area contributed by atoms with E-state index in [0.29, 0.717) is 5.56 Å². The van der Waals surface area contributed by atoms with Gasteiger partial charge >= 0.3 is 5.97 Å². The van der Waals surface area contributed by atoms with Gasteiger partial charge in [-0.25, -0.2) is 4.79 Å². The maximum absolute atomic E-state index is 11.9. The van der Waals surface area contributed by atoms with Gasteiger partial charge in [-0.15, -0.1) is 0 Å². The highest BCUT2D eigenvalue weighted by Crippen LogP contribution is 2.15. The zero-order valence-corrected chi connectivity index (χ0v) is 11.6. The number of carbonyl (C=O) groups is 1. The molecule has 0 N–H and O–H groups in total. The molecule has 0 unspecified atom stereocenters. The van der Waals surface area contributed by atoms with Crippen LogP contribution in [0.25, 0.3) is 0 Å². The van der Waals surface area contributed by atoms with Gasteiger partial charge in [0.05, 0.1) is 11.8 Å². The second-order valence-electron chi connectivity index (χ2n) is 4.82. The number of hydrogen-bond donors (Lipinski definition) is 0. The average molecular weight is 260 g/mol. The van der Waals surface area contributed by atoms with Gasteiger partial charge in [-0.1, -0.05) is 30.3 Å². The molecule has 0 aliphatic carbocycles. The fourth-order valence-electron chi connectivity index (χ4n) is 1.81. The van der Waals surface area contributed by atoms with Gasteiger partial charge in [-0.2, -0.15) is 0 Å². The molecule has 2 aromatic rings. The predicted molar refractivity (Wildman–Crippen MR) is 71.8 cm³/mol.